The summed E-state index contributed by atoms with van der Waals surface area (Å²) >= 11 is 0. The molecule has 3 aromatic rings. The highest BCUT2D eigenvalue weighted by Gasteiger charge is 2.44. The summed E-state index contributed by atoms with van der Waals surface area (Å²) in [5, 5.41) is 3.40. The number of hydrogen-bond donors (Lipinski definition) is 1. The predicted molar refractivity (Wildman–Crippen MR) is 122 cm³/mol. The van der Waals surface area contributed by atoms with Gasteiger partial charge in [0, 0.05) is 11.6 Å². The molecule has 0 radical (unpaired) electrons. The molecule has 4 rings (SSSR count). The van der Waals surface area contributed by atoms with Gasteiger partial charge in [-0.2, -0.15) is 0 Å². The number of methoxy groups -OCH3 is 3. The largest absolute Gasteiger partial charge is 0.493 e. The molecule has 1 N–H and O–H groups in total. The van der Waals surface area contributed by atoms with Gasteiger partial charge in [-0.3, -0.25) is 9.78 Å². The fourth-order valence-corrected chi connectivity index (χ4v) is 3.75. The number of nitrogens with one attached hydrogen (secondary N) is 1. The zero-order valence-electron chi connectivity index (χ0n) is 19.1. The number of pyridine rings is 1. The van der Waals surface area contributed by atoms with Crippen molar-refractivity contribution < 1.29 is 28.5 Å². The van der Waals surface area contributed by atoms with Crippen LogP contribution in [0.25, 0.3) is 22.0 Å². The molecule has 0 aliphatic carbocycles. The normalized spacial score (nSPS) is 14.9. The Kier molecular flexibility index (Phi) is 5.71. The summed E-state index contributed by atoms with van der Waals surface area (Å²) in [4.78, 5) is 30.3. The molecule has 0 spiro atoms. The third-order valence-corrected chi connectivity index (χ3v) is 5.47. The van der Waals surface area contributed by atoms with E-state index >= 15 is 0 Å². The van der Waals surface area contributed by atoms with Crippen molar-refractivity contribution in [1.29, 1.82) is 0 Å². The zero-order valence-corrected chi connectivity index (χ0v) is 19.1. The van der Waals surface area contributed by atoms with Gasteiger partial charge < -0.3 is 24.3 Å². The van der Waals surface area contributed by atoms with Gasteiger partial charge in [-0.25, -0.2) is 9.69 Å². The number of hydrogen-bond acceptors (Lipinski definition) is 7. The van der Waals surface area contributed by atoms with E-state index < -0.39 is 11.6 Å². The lowest BCUT2D eigenvalue weighted by Gasteiger charge is -2.18. The maximum Gasteiger partial charge on any atom is 0.327 e. The number of carbonyl (C=O) groups excluding carboxylic acids is 2. The van der Waals surface area contributed by atoms with E-state index in [1.54, 1.807) is 47.4 Å². The first-order chi connectivity index (χ1) is 15.8. The second-order valence-corrected chi connectivity index (χ2v) is 8.02. The fourth-order valence-electron chi connectivity index (χ4n) is 3.75. The van der Waals surface area contributed by atoms with Crippen LogP contribution in [0, 0.1) is 0 Å². The number of amides is 3. The Morgan fingerprint density at radius 1 is 0.939 bits per heavy atom. The maximum absolute atomic E-state index is 12.5. The van der Waals surface area contributed by atoms with Crippen LogP contribution in [-0.4, -0.2) is 55.4 Å². The summed E-state index contributed by atoms with van der Waals surface area (Å²) in [6.45, 7) is 3.08. The molecule has 9 nitrogen and oxygen atoms in total. The molecule has 2 heterocycles. The molecular formula is C24H25N3O6. The van der Waals surface area contributed by atoms with Crippen LogP contribution >= 0.6 is 0 Å². The van der Waals surface area contributed by atoms with Crippen molar-refractivity contribution >= 4 is 22.8 Å². The Balaban J connectivity index is 1.75. The predicted octanol–water partition coefficient (Wildman–Crippen LogP) is 3.59. The van der Waals surface area contributed by atoms with Crippen LogP contribution in [-0.2, 0) is 4.79 Å². The maximum atomic E-state index is 12.5. The van der Waals surface area contributed by atoms with Crippen molar-refractivity contribution in [2.45, 2.75) is 19.4 Å². The van der Waals surface area contributed by atoms with Gasteiger partial charge >= 0.3 is 6.03 Å². The van der Waals surface area contributed by atoms with Gasteiger partial charge in [-0.1, -0.05) is 0 Å². The minimum atomic E-state index is -0.970. The SMILES string of the molecule is COc1cc(-c2cc(OCN3C(=O)NC(C)(C)C3=O)c3cccnc3c2)cc(OC)c1OC. The first kappa shape index (κ1) is 22.2. The molecule has 1 fully saturated rings. The van der Waals surface area contributed by atoms with Crippen LogP contribution in [0.2, 0.25) is 0 Å². The summed E-state index contributed by atoms with van der Waals surface area (Å²) in [6, 6.07) is 10.6. The third kappa shape index (κ3) is 3.97. The summed E-state index contributed by atoms with van der Waals surface area (Å²) in [5.41, 5.74) is 1.30. The van der Waals surface area contributed by atoms with E-state index in [1.165, 1.54) is 0 Å². The highest BCUT2D eigenvalue weighted by molar-refractivity contribution is 6.06. The van der Waals surface area contributed by atoms with Crippen molar-refractivity contribution in [2.75, 3.05) is 28.1 Å². The second-order valence-electron chi connectivity index (χ2n) is 8.02. The molecule has 0 saturated carbocycles. The minimum Gasteiger partial charge on any atom is -0.493 e. The summed E-state index contributed by atoms with van der Waals surface area (Å²) in [6.07, 6.45) is 1.69. The van der Waals surface area contributed by atoms with Crippen LogP contribution < -0.4 is 24.3 Å². The van der Waals surface area contributed by atoms with Crippen LogP contribution in [0.1, 0.15) is 13.8 Å². The molecule has 9 heteroatoms. The van der Waals surface area contributed by atoms with Gasteiger partial charge in [0.1, 0.15) is 11.3 Å². The Bertz CT molecular complexity index is 1220. The Morgan fingerprint density at radius 2 is 1.58 bits per heavy atom. The molecule has 3 amide bonds. The zero-order chi connectivity index (χ0) is 23.8. The van der Waals surface area contributed by atoms with Gasteiger partial charge in [-0.05, 0) is 61.4 Å². The van der Waals surface area contributed by atoms with Crippen molar-refractivity contribution in [1.82, 2.24) is 15.2 Å². The summed E-state index contributed by atoms with van der Waals surface area (Å²) in [7, 11) is 4.65. The first-order valence-electron chi connectivity index (χ1n) is 10.2. The van der Waals surface area contributed by atoms with E-state index in [2.05, 4.69) is 10.3 Å². The van der Waals surface area contributed by atoms with E-state index in [1.807, 2.05) is 30.3 Å². The first-order valence-corrected chi connectivity index (χ1v) is 10.2. The third-order valence-electron chi connectivity index (χ3n) is 5.47. The number of carbonyl (C=O) groups is 2. The van der Waals surface area contributed by atoms with Gasteiger partial charge in [-0.15, -0.1) is 0 Å². The lowest BCUT2D eigenvalue weighted by Crippen LogP contribution is -2.40. The number of aromatic nitrogens is 1. The molecule has 1 aliphatic rings. The standard InChI is InChI=1S/C24H25N3O6/c1-24(2)22(28)27(23(29)26-24)13-33-18-10-14(9-17-16(18)7-6-8-25-17)15-11-19(30-3)21(32-5)20(12-15)31-4/h6-12H,13H2,1-5H3,(H,26,29). The fraction of sp³-hybridized carbons (Fsp3) is 0.292. The molecule has 1 saturated heterocycles. The second kappa shape index (κ2) is 8.50. The number of fused-ring (bicyclic) bond motifs is 1. The Hall–Kier alpha value is -4.01. The van der Waals surface area contributed by atoms with Crippen LogP contribution in [0.3, 0.4) is 0 Å². The molecule has 33 heavy (non-hydrogen) atoms. The average Bonchev–Trinajstić information content (AvgIpc) is 3.01. The van der Waals surface area contributed by atoms with E-state index in [9.17, 15) is 9.59 Å². The molecular weight excluding hydrogens is 426 g/mol. The van der Waals surface area contributed by atoms with E-state index in [0.717, 1.165) is 21.4 Å². The van der Waals surface area contributed by atoms with Gasteiger partial charge in [0.15, 0.2) is 18.2 Å². The van der Waals surface area contributed by atoms with E-state index in [4.69, 9.17) is 18.9 Å². The quantitative estimate of drug-likeness (QED) is 0.548. The molecule has 0 atom stereocenters. The van der Waals surface area contributed by atoms with Crippen molar-refractivity contribution in [3.63, 3.8) is 0 Å². The molecule has 1 aromatic heterocycles. The summed E-state index contributed by atoms with van der Waals surface area (Å²) < 4.78 is 22.3. The van der Waals surface area contributed by atoms with Gasteiger partial charge in [0.25, 0.3) is 5.91 Å². The number of rotatable bonds is 7. The van der Waals surface area contributed by atoms with Crippen LogP contribution in [0.4, 0.5) is 4.79 Å². The summed E-state index contributed by atoms with van der Waals surface area (Å²) in [5.74, 6) is 1.64. The van der Waals surface area contributed by atoms with Crippen LogP contribution in [0.15, 0.2) is 42.6 Å². The smallest absolute Gasteiger partial charge is 0.327 e. The monoisotopic (exact) mass is 451 g/mol. The number of urea groups is 1. The Labute approximate surface area is 191 Å². The van der Waals surface area contributed by atoms with Crippen molar-refractivity contribution in [2.24, 2.45) is 0 Å². The highest BCUT2D eigenvalue weighted by atomic mass is 16.5. The lowest BCUT2D eigenvalue weighted by molar-refractivity contribution is -0.132. The highest BCUT2D eigenvalue weighted by Crippen LogP contribution is 2.42. The Morgan fingerprint density at radius 3 is 2.15 bits per heavy atom. The van der Waals surface area contributed by atoms with Gasteiger partial charge in [0.2, 0.25) is 5.75 Å². The van der Waals surface area contributed by atoms with E-state index in [-0.39, 0.29) is 12.6 Å². The molecule has 0 unspecified atom stereocenters. The molecule has 0 bridgehead atoms. The number of imide groups is 1. The molecule has 1 aliphatic heterocycles. The van der Waals surface area contributed by atoms with E-state index in [0.29, 0.717) is 28.5 Å². The van der Waals surface area contributed by atoms with Gasteiger partial charge in [0.05, 0.1) is 26.8 Å². The molecule has 172 valence electrons. The van der Waals surface area contributed by atoms with Crippen molar-refractivity contribution in [3.05, 3.63) is 42.6 Å². The van der Waals surface area contributed by atoms with Crippen molar-refractivity contribution in [3.8, 4) is 34.1 Å². The average molecular weight is 451 g/mol. The lowest BCUT2D eigenvalue weighted by atomic mass is 10.0. The number of nitrogens with zero attached hydrogens (tertiary/aromatic N) is 2. The molecule has 2 aromatic carbocycles. The topological polar surface area (TPSA) is 99.2 Å². The number of ether oxygens (including phenoxy) is 4. The number of benzene rings is 2. The van der Waals surface area contributed by atoms with Crippen LogP contribution in [0.5, 0.6) is 23.0 Å². The minimum absolute atomic E-state index is 0.225.